The maximum atomic E-state index is 4.24. The minimum Gasteiger partial charge on any atom is -0.356 e. The molecule has 0 fully saturated rings. The number of thioether (sulfide) groups is 1. The number of guanidine groups is 1. The number of aromatic nitrogens is 2. The van der Waals surface area contributed by atoms with Crippen LogP contribution in [0.25, 0.3) is 0 Å². The van der Waals surface area contributed by atoms with Gasteiger partial charge in [0.05, 0.1) is 6.20 Å². The van der Waals surface area contributed by atoms with Crippen molar-refractivity contribution < 1.29 is 0 Å². The van der Waals surface area contributed by atoms with Gasteiger partial charge in [-0.25, -0.2) is 0 Å². The van der Waals surface area contributed by atoms with Gasteiger partial charge in [-0.05, 0) is 38.5 Å². The summed E-state index contributed by atoms with van der Waals surface area (Å²) in [5.74, 6) is 0.873. The summed E-state index contributed by atoms with van der Waals surface area (Å²) < 4.78 is 2.06. The van der Waals surface area contributed by atoms with Gasteiger partial charge in [0.1, 0.15) is 0 Å². The zero-order valence-electron chi connectivity index (χ0n) is 13.2. The van der Waals surface area contributed by atoms with E-state index in [1.165, 1.54) is 5.56 Å². The molecule has 5 nitrogen and oxygen atoms in total. The van der Waals surface area contributed by atoms with Gasteiger partial charge in [-0.2, -0.15) is 16.9 Å². The number of aryl methyl sites for hydroxylation is 2. The molecule has 0 radical (unpaired) electrons. The van der Waals surface area contributed by atoms with Crippen LogP contribution in [-0.4, -0.2) is 46.9 Å². The van der Waals surface area contributed by atoms with E-state index in [1.54, 1.807) is 0 Å². The Morgan fingerprint density at radius 1 is 1.45 bits per heavy atom. The smallest absolute Gasteiger partial charge is 0.191 e. The van der Waals surface area contributed by atoms with Gasteiger partial charge in [0, 0.05) is 38.1 Å². The molecule has 0 aromatic carbocycles. The van der Waals surface area contributed by atoms with E-state index in [0.29, 0.717) is 0 Å². The van der Waals surface area contributed by atoms with Crippen molar-refractivity contribution in [2.24, 2.45) is 12.0 Å². The Labute approximate surface area is 126 Å². The summed E-state index contributed by atoms with van der Waals surface area (Å²) in [7, 11) is 3.75. The molecule has 0 saturated heterocycles. The molecule has 114 valence electrons. The number of hydrogen-bond acceptors (Lipinski definition) is 3. The van der Waals surface area contributed by atoms with Crippen LogP contribution in [0.1, 0.15) is 25.8 Å². The van der Waals surface area contributed by atoms with Crippen LogP contribution in [0, 0.1) is 0 Å². The third kappa shape index (κ3) is 6.32. The Bertz CT molecular complexity index is 425. The molecule has 0 aliphatic carbocycles. The van der Waals surface area contributed by atoms with Crippen LogP contribution in [0.2, 0.25) is 0 Å². The number of rotatable bonds is 7. The van der Waals surface area contributed by atoms with E-state index in [4.69, 9.17) is 0 Å². The fourth-order valence-electron chi connectivity index (χ4n) is 1.69. The van der Waals surface area contributed by atoms with Gasteiger partial charge in [-0.15, -0.1) is 0 Å². The minimum atomic E-state index is 0.216. The van der Waals surface area contributed by atoms with E-state index in [1.807, 2.05) is 36.7 Å². The van der Waals surface area contributed by atoms with E-state index in [0.717, 1.165) is 31.9 Å². The van der Waals surface area contributed by atoms with Gasteiger partial charge in [-0.3, -0.25) is 9.67 Å². The number of hydrogen-bond donors (Lipinski definition) is 2. The average molecular weight is 297 g/mol. The van der Waals surface area contributed by atoms with Crippen molar-refractivity contribution in [3.8, 4) is 0 Å². The van der Waals surface area contributed by atoms with Crippen LogP contribution in [0.15, 0.2) is 17.4 Å². The van der Waals surface area contributed by atoms with Crippen LogP contribution in [0.5, 0.6) is 0 Å². The number of aliphatic imine (C=N–C) groups is 1. The lowest BCUT2D eigenvalue weighted by Gasteiger charge is -2.23. The third-order valence-electron chi connectivity index (χ3n) is 3.15. The Balaban J connectivity index is 2.22. The largest absolute Gasteiger partial charge is 0.356 e. The summed E-state index contributed by atoms with van der Waals surface area (Å²) in [6.45, 7) is 6.26. The van der Waals surface area contributed by atoms with Crippen molar-refractivity contribution in [1.29, 1.82) is 0 Å². The molecule has 20 heavy (non-hydrogen) atoms. The molecule has 0 unspecified atom stereocenters. The van der Waals surface area contributed by atoms with E-state index < -0.39 is 0 Å². The number of nitrogens with one attached hydrogen (secondary N) is 2. The molecule has 6 heteroatoms. The molecule has 0 spiro atoms. The Hall–Kier alpha value is -1.17. The van der Waals surface area contributed by atoms with E-state index in [2.05, 4.69) is 47.0 Å². The molecule has 1 heterocycles. The molecular formula is C14H27N5S. The molecule has 1 rings (SSSR count). The second kappa shape index (κ2) is 8.19. The standard InChI is InChI=1S/C14H27N5S/c1-14(2,20-5)11-17-13(15-3)16-8-6-7-12-9-18-19(4)10-12/h9-10H,6-8,11H2,1-5H3,(H2,15,16,17). The van der Waals surface area contributed by atoms with Gasteiger partial charge in [0.25, 0.3) is 0 Å². The molecule has 0 saturated carbocycles. The highest BCUT2D eigenvalue weighted by molar-refractivity contribution is 7.99. The summed E-state index contributed by atoms with van der Waals surface area (Å²) in [6, 6.07) is 0. The quantitative estimate of drug-likeness (QED) is 0.456. The summed E-state index contributed by atoms with van der Waals surface area (Å²) in [5.41, 5.74) is 1.28. The van der Waals surface area contributed by atoms with Crippen molar-refractivity contribution in [3.05, 3.63) is 18.0 Å². The Kier molecular flexibility index (Phi) is 6.91. The first-order chi connectivity index (χ1) is 9.46. The van der Waals surface area contributed by atoms with Crippen LogP contribution >= 0.6 is 11.8 Å². The second-order valence-corrected chi connectivity index (χ2v) is 6.96. The lowest BCUT2D eigenvalue weighted by molar-refractivity contribution is 0.659. The molecule has 0 bridgehead atoms. The third-order valence-corrected chi connectivity index (χ3v) is 4.40. The van der Waals surface area contributed by atoms with Gasteiger partial charge < -0.3 is 10.6 Å². The topological polar surface area (TPSA) is 54.2 Å². The fourth-order valence-corrected chi connectivity index (χ4v) is 1.91. The van der Waals surface area contributed by atoms with E-state index in [9.17, 15) is 0 Å². The van der Waals surface area contributed by atoms with Gasteiger partial charge in [0.2, 0.25) is 0 Å². The minimum absolute atomic E-state index is 0.216. The summed E-state index contributed by atoms with van der Waals surface area (Å²) >= 11 is 1.85. The first-order valence-electron chi connectivity index (χ1n) is 6.94. The van der Waals surface area contributed by atoms with Crippen LogP contribution < -0.4 is 10.6 Å². The van der Waals surface area contributed by atoms with Crippen molar-refractivity contribution in [3.63, 3.8) is 0 Å². The van der Waals surface area contributed by atoms with Crippen LogP contribution in [0.4, 0.5) is 0 Å². The zero-order valence-corrected chi connectivity index (χ0v) is 14.0. The highest BCUT2D eigenvalue weighted by Gasteiger charge is 2.15. The Morgan fingerprint density at radius 2 is 2.20 bits per heavy atom. The summed E-state index contributed by atoms with van der Waals surface area (Å²) in [6.07, 6.45) is 8.22. The zero-order chi connectivity index (χ0) is 15.0. The van der Waals surface area contributed by atoms with Crippen molar-refractivity contribution in [1.82, 2.24) is 20.4 Å². The van der Waals surface area contributed by atoms with E-state index >= 15 is 0 Å². The average Bonchev–Trinajstić information content (AvgIpc) is 2.83. The summed E-state index contributed by atoms with van der Waals surface area (Å²) in [4.78, 5) is 4.24. The summed E-state index contributed by atoms with van der Waals surface area (Å²) in [5, 5.41) is 10.9. The first kappa shape index (κ1) is 16.9. The van der Waals surface area contributed by atoms with Gasteiger partial charge in [-0.1, -0.05) is 0 Å². The highest BCUT2D eigenvalue weighted by atomic mass is 32.2. The molecule has 0 atom stereocenters. The molecule has 0 aliphatic heterocycles. The van der Waals surface area contributed by atoms with Crippen molar-refractivity contribution in [2.45, 2.75) is 31.4 Å². The predicted octanol–water partition coefficient (Wildman–Crippen LogP) is 1.66. The van der Waals surface area contributed by atoms with Gasteiger partial charge in [0.15, 0.2) is 5.96 Å². The molecule has 0 aliphatic rings. The normalized spacial score (nSPS) is 12.6. The Morgan fingerprint density at radius 3 is 2.75 bits per heavy atom. The van der Waals surface area contributed by atoms with Crippen molar-refractivity contribution in [2.75, 3.05) is 26.4 Å². The molecule has 1 aromatic rings. The number of nitrogens with zero attached hydrogens (tertiary/aromatic N) is 3. The monoisotopic (exact) mass is 297 g/mol. The molecule has 2 N–H and O–H groups in total. The van der Waals surface area contributed by atoms with E-state index in [-0.39, 0.29) is 4.75 Å². The van der Waals surface area contributed by atoms with Crippen LogP contribution in [0.3, 0.4) is 0 Å². The fraction of sp³-hybridized carbons (Fsp3) is 0.714. The highest BCUT2D eigenvalue weighted by Crippen LogP contribution is 2.19. The molecule has 0 amide bonds. The SMILES string of the molecule is CN=C(NCCCc1cnn(C)c1)NCC(C)(C)SC. The van der Waals surface area contributed by atoms with Crippen molar-refractivity contribution >= 4 is 17.7 Å². The van der Waals surface area contributed by atoms with Crippen LogP contribution in [-0.2, 0) is 13.5 Å². The first-order valence-corrected chi connectivity index (χ1v) is 8.16. The maximum absolute atomic E-state index is 4.24. The molecular weight excluding hydrogens is 270 g/mol. The maximum Gasteiger partial charge on any atom is 0.191 e. The van der Waals surface area contributed by atoms with Gasteiger partial charge >= 0.3 is 0 Å². The lowest BCUT2D eigenvalue weighted by Crippen LogP contribution is -2.43. The molecule has 1 aromatic heterocycles. The lowest BCUT2D eigenvalue weighted by atomic mass is 10.2. The second-order valence-electron chi connectivity index (χ2n) is 5.44. The predicted molar refractivity (Wildman–Crippen MR) is 88.5 cm³/mol.